The fourth-order valence-electron chi connectivity index (χ4n) is 2.75. The Bertz CT molecular complexity index is 867. The molecule has 7 heteroatoms. The van der Waals surface area contributed by atoms with E-state index in [1.807, 2.05) is 44.2 Å². The number of hydrogen-bond donors (Lipinski definition) is 0. The van der Waals surface area contributed by atoms with E-state index in [4.69, 9.17) is 4.74 Å². The first kappa shape index (κ1) is 21.8. The number of amides is 1. The summed E-state index contributed by atoms with van der Waals surface area (Å²) in [6.45, 7) is 4.98. The number of carbonyl (C=O) groups excluding carboxylic acids is 1. The summed E-state index contributed by atoms with van der Waals surface area (Å²) >= 11 is 0. The van der Waals surface area contributed by atoms with Crippen LogP contribution >= 0.6 is 0 Å². The van der Waals surface area contributed by atoms with Gasteiger partial charge in [-0.25, -0.2) is 8.42 Å². The van der Waals surface area contributed by atoms with Crippen LogP contribution in [0.4, 0.5) is 5.69 Å². The van der Waals surface area contributed by atoms with E-state index in [1.54, 1.807) is 29.2 Å². The molecule has 2 rings (SSSR count). The monoisotopic (exact) mass is 404 g/mol. The lowest BCUT2D eigenvalue weighted by atomic mass is 10.2. The lowest BCUT2D eigenvalue weighted by Gasteiger charge is -2.26. The van der Waals surface area contributed by atoms with E-state index >= 15 is 0 Å². The third-order valence-corrected chi connectivity index (χ3v) is 5.74. The van der Waals surface area contributed by atoms with Crippen molar-refractivity contribution in [2.75, 3.05) is 24.2 Å². The molecule has 0 bridgehead atoms. The van der Waals surface area contributed by atoms with Crippen molar-refractivity contribution in [3.8, 4) is 5.75 Å². The van der Waals surface area contributed by atoms with Crippen LogP contribution in [0.5, 0.6) is 5.75 Å². The van der Waals surface area contributed by atoms with Gasteiger partial charge in [-0.05, 0) is 43.2 Å². The van der Waals surface area contributed by atoms with Gasteiger partial charge in [0.2, 0.25) is 10.0 Å². The van der Waals surface area contributed by atoms with Crippen LogP contribution in [0.2, 0.25) is 0 Å². The third kappa shape index (κ3) is 5.73. The van der Waals surface area contributed by atoms with Crippen molar-refractivity contribution in [2.45, 2.75) is 32.9 Å². The fraction of sp³-hybridized carbons (Fsp3) is 0.381. The highest BCUT2D eigenvalue weighted by molar-refractivity contribution is 7.92. The van der Waals surface area contributed by atoms with Crippen molar-refractivity contribution in [1.29, 1.82) is 0 Å². The van der Waals surface area contributed by atoms with Crippen molar-refractivity contribution >= 4 is 21.6 Å². The normalized spacial score (nSPS) is 12.3. The second kappa shape index (κ2) is 9.59. The van der Waals surface area contributed by atoms with E-state index in [-0.39, 0.29) is 5.91 Å². The van der Waals surface area contributed by atoms with E-state index in [1.165, 1.54) is 11.4 Å². The molecule has 0 heterocycles. The Hall–Kier alpha value is -2.54. The Morgan fingerprint density at radius 1 is 1.04 bits per heavy atom. The van der Waals surface area contributed by atoms with E-state index in [2.05, 4.69) is 0 Å². The number of ether oxygens (including phenoxy) is 1. The van der Waals surface area contributed by atoms with Gasteiger partial charge in [-0.3, -0.25) is 9.10 Å². The largest absolute Gasteiger partial charge is 0.481 e. The summed E-state index contributed by atoms with van der Waals surface area (Å²) in [6.07, 6.45) is 1.09. The van der Waals surface area contributed by atoms with Crippen LogP contribution in [0.3, 0.4) is 0 Å². The molecular weight excluding hydrogens is 376 g/mol. The summed E-state index contributed by atoms with van der Waals surface area (Å²) in [5.74, 6) is 0.466. The molecule has 1 unspecified atom stereocenters. The summed E-state index contributed by atoms with van der Waals surface area (Å²) in [5.41, 5.74) is 1.61. The van der Waals surface area contributed by atoms with Crippen LogP contribution in [-0.4, -0.2) is 45.2 Å². The zero-order chi connectivity index (χ0) is 20.7. The van der Waals surface area contributed by atoms with Gasteiger partial charge >= 0.3 is 0 Å². The molecule has 1 atom stereocenters. The molecule has 0 saturated heterocycles. The van der Waals surface area contributed by atoms with Gasteiger partial charge in [-0.2, -0.15) is 0 Å². The van der Waals surface area contributed by atoms with Gasteiger partial charge < -0.3 is 9.64 Å². The van der Waals surface area contributed by atoms with Crippen LogP contribution in [0.1, 0.15) is 25.8 Å². The molecular formula is C21H28N2O4S. The maximum Gasteiger partial charge on any atom is 0.263 e. The number of likely N-dealkylation sites (N-methyl/N-ethyl adjacent to an activating group) is 1. The van der Waals surface area contributed by atoms with Crippen LogP contribution in [-0.2, 0) is 21.4 Å². The Balaban J connectivity index is 2.08. The van der Waals surface area contributed by atoms with Crippen molar-refractivity contribution in [2.24, 2.45) is 0 Å². The molecule has 0 radical (unpaired) electrons. The van der Waals surface area contributed by atoms with Gasteiger partial charge in [-0.1, -0.05) is 37.3 Å². The summed E-state index contributed by atoms with van der Waals surface area (Å²) in [4.78, 5) is 14.7. The lowest BCUT2D eigenvalue weighted by Crippen LogP contribution is -2.41. The number of nitrogens with zero attached hydrogens (tertiary/aromatic N) is 2. The first-order valence-electron chi connectivity index (χ1n) is 9.29. The maximum atomic E-state index is 12.9. The second-order valence-electron chi connectivity index (χ2n) is 6.58. The minimum absolute atomic E-state index is 0.0637. The summed E-state index contributed by atoms with van der Waals surface area (Å²) in [5, 5.41) is 0. The van der Waals surface area contributed by atoms with Gasteiger partial charge in [0.05, 0.1) is 11.9 Å². The highest BCUT2D eigenvalue weighted by Crippen LogP contribution is 2.22. The number of hydrogen-bond acceptors (Lipinski definition) is 4. The molecule has 152 valence electrons. The van der Waals surface area contributed by atoms with E-state index < -0.39 is 16.1 Å². The first-order chi connectivity index (χ1) is 13.3. The summed E-state index contributed by atoms with van der Waals surface area (Å²) in [6, 6.07) is 16.5. The molecule has 0 aliphatic heterocycles. The van der Waals surface area contributed by atoms with Gasteiger partial charge in [0.1, 0.15) is 5.75 Å². The van der Waals surface area contributed by atoms with Crippen LogP contribution in [0.15, 0.2) is 54.6 Å². The Morgan fingerprint density at radius 2 is 1.64 bits per heavy atom. The lowest BCUT2D eigenvalue weighted by molar-refractivity contribution is -0.139. The molecule has 0 N–H and O–H groups in total. The molecule has 0 saturated carbocycles. The Morgan fingerprint density at radius 3 is 2.14 bits per heavy atom. The average molecular weight is 405 g/mol. The maximum absolute atomic E-state index is 12.9. The quantitative estimate of drug-likeness (QED) is 0.643. The SMILES string of the molecule is CCC(Oc1ccc(N(C)S(C)(=O)=O)cc1)C(=O)N(CC)Cc1ccccc1. The second-order valence-corrected chi connectivity index (χ2v) is 8.59. The molecule has 2 aromatic rings. The minimum atomic E-state index is -3.32. The van der Waals surface area contributed by atoms with Crippen molar-refractivity contribution in [3.05, 3.63) is 60.2 Å². The van der Waals surface area contributed by atoms with Gasteiger partial charge in [-0.15, -0.1) is 0 Å². The van der Waals surface area contributed by atoms with E-state index in [9.17, 15) is 13.2 Å². The molecule has 0 aromatic heterocycles. The van der Waals surface area contributed by atoms with Gasteiger partial charge in [0.15, 0.2) is 6.10 Å². The molecule has 0 fully saturated rings. The van der Waals surface area contributed by atoms with Crippen molar-refractivity contribution in [3.63, 3.8) is 0 Å². The smallest absolute Gasteiger partial charge is 0.263 e. The molecule has 28 heavy (non-hydrogen) atoms. The molecule has 0 aliphatic rings. The summed E-state index contributed by atoms with van der Waals surface area (Å²) < 4.78 is 30.4. The number of benzene rings is 2. The van der Waals surface area contributed by atoms with Crippen LogP contribution in [0, 0.1) is 0 Å². The standard InChI is InChI=1S/C21H28N2O4S/c1-5-20(21(24)23(6-2)16-17-10-8-7-9-11-17)27-19-14-12-18(13-15-19)22(3)28(4,25)26/h7-15,20H,5-6,16H2,1-4H3. The first-order valence-corrected chi connectivity index (χ1v) is 11.1. The Labute approximate surface area is 167 Å². The summed E-state index contributed by atoms with van der Waals surface area (Å²) in [7, 11) is -1.83. The zero-order valence-electron chi connectivity index (χ0n) is 16.8. The number of sulfonamides is 1. The average Bonchev–Trinajstić information content (AvgIpc) is 2.69. The predicted octanol–water partition coefficient (Wildman–Crippen LogP) is 3.29. The minimum Gasteiger partial charge on any atom is -0.481 e. The molecule has 0 spiro atoms. The van der Waals surface area contributed by atoms with Crippen molar-refractivity contribution < 1.29 is 17.9 Å². The van der Waals surface area contributed by atoms with Gasteiger partial charge in [0.25, 0.3) is 5.91 Å². The Kier molecular flexibility index (Phi) is 7.45. The molecule has 0 aliphatic carbocycles. The predicted molar refractivity (Wildman–Crippen MR) is 112 cm³/mol. The van der Waals surface area contributed by atoms with Crippen molar-refractivity contribution in [1.82, 2.24) is 4.90 Å². The highest BCUT2D eigenvalue weighted by atomic mass is 32.2. The van der Waals surface area contributed by atoms with E-state index in [0.29, 0.717) is 30.9 Å². The van der Waals surface area contributed by atoms with Gasteiger partial charge in [0, 0.05) is 20.1 Å². The third-order valence-electron chi connectivity index (χ3n) is 4.53. The molecule has 1 amide bonds. The zero-order valence-corrected chi connectivity index (χ0v) is 17.6. The number of rotatable bonds is 9. The van der Waals surface area contributed by atoms with Crippen LogP contribution < -0.4 is 9.04 Å². The topological polar surface area (TPSA) is 66.9 Å². The van der Waals surface area contributed by atoms with E-state index in [0.717, 1.165) is 11.8 Å². The fourth-order valence-corrected chi connectivity index (χ4v) is 3.26. The number of anilines is 1. The highest BCUT2D eigenvalue weighted by Gasteiger charge is 2.24. The number of carbonyl (C=O) groups is 1. The van der Waals surface area contributed by atoms with Crippen LogP contribution in [0.25, 0.3) is 0 Å². The molecule has 6 nitrogen and oxygen atoms in total. The molecule has 2 aromatic carbocycles.